The molecule has 0 aliphatic carbocycles. The average molecular weight is 373 g/mol. The van der Waals surface area contributed by atoms with Crippen molar-refractivity contribution >= 4 is 12.9 Å². The molecule has 0 bridgehead atoms. The van der Waals surface area contributed by atoms with Crippen molar-refractivity contribution in [2.24, 2.45) is 0 Å². The van der Waals surface area contributed by atoms with Crippen molar-refractivity contribution in [1.29, 1.82) is 0 Å². The second kappa shape index (κ2) is 14.9. The molecule has 0 aromatic rings. The van der Waals surface area contributed by atoms with E-state index in [1.54, 1.807) is 0 Å². The van der Waals surface area contributed by atoms with Crippen LogP contribution in [0.2, 0.25) is 0 Å². The average Bonchev–Trinajstić information content (AvgIpc) is 3.13. The van der Waals surface area contributed by atoms with Gasteiger partial charge < -0.3 is 28.9 Å². The van der Waals surface area contributed by atoms with Crippen LogP contribution in [0.1, 0.15) is 25.7 Å². The third kappa shape index (κ3) is 11.2. The molecule has 2 aliphatic rings. The Morgan fingerprint density at radius 3 is 1.33 bits per heavy atom. The SMILES string of the molecule is O=[C-]OCCN1CCCC1.O=[C-]OCCN1CCCC1.[Y]. The fourth-order valence-electron chi connectivity index (χ4n) is 2.45. The Morgan fingerprint density at radius 1 is 0.714 bits per heavy atom. The van der Waals surface area contributed by atoms with Gasteiger partial charge in [-0.05, 0) is 51.9 Å². The van der Waals surface area contributed by atoms with Crippen molar-refractivity contribution in [3.63, 3.8) is 0 Å². The quantitative estimate of drug-likeness (QED) is 0.452. The topological polar surface area (TPSA) is 59.1 Å². The van der Waals surface area contributed by atoms with Crippen LogP contribution in [0.3, 0.4) is 0 Å². The number of rotatable bonds is 8. The van der Waals surface area contributed by atoms with E-state index >= 15 is 0 Å². The molecule has 0 aromatic heterocycles. The molecule has 0 saturated carbocycles. The van der Waals surface area contributed by atoms with E-state index in [1.165, 1.54) is 38.6 Å². The molecule has 0 amide bonds. The monoisotopic (exact) mass is 373 g/mol. The molecule has 2 rings (SSSR count). The van der Waals surface area contributed by atoms with Crippen LogP contribution >= 0.6 is 0 Å². The van der Waals surface area contributed by atoms with Crippen molar-refractivity contribution in [2.45, 2.75) is 25.7 Å². The fourth-order valence-corrected chi connectivity index (χ4v) is 2.45. The van der Waals surface area contributed by atoms with E-state index in [0.29, 0.717) is 13.2 Å². The van der Waals surface area contributed by atoms with Gasteiger partial charge >= 0.3 is 0 Å². The Balaban J connectivity index is 0.000000364. The van der Waals surface area contributed by atoms with Crippen molar-refractivity contribution in [3.8, 4) is 0 Å². The first-order valence-corrected chi connectivity index (χ1v) is 7.29. The van der Waals surface area contributed by atoms with Gasteiger partial charge in [-0.2, -0.15) is 0 Å². The number of likely N-dealkylation sites (tertiary alicyclic amines) is 2. The number of ether oxygens (including phenoxy) is 2. The molecule has 21 heavy (non-hydrogen) atoms. The molecule has 7 heteroatoms. The Labute approximate surface area is 152 Å². The number of hydrogen-bond donors (Lipinski definition) is 0. The van der Waals surface area contributed by atoms with Crippen LogP contribution in [-0.2, 0) is 51.8 Å². The van der Waals surface area contributed by atoms with Gasteiger partial charge in [0.1, 0.15) is 0 Å². The maximum absolute atomic E-state index is 9.61. The minimum Gasteiger partial charge on any atom is -0.652 e. The molecule has 2 heterocycles. The minimum atomic E-state index is 0. The Morgan fingerprint density at radius 2 is 1.05 bits per heavy atom. The third-order valence-electron chi connectivity index (χ3n) is 3.53. The predicted molar refractivity (Wildman–Crippen MR) is 74.6 cm³/mol. The summed E-state index contributed by atoms with van der Waals surface area (Å²) in [6, 6.07) is 0. The summed E-state index contributed by atoms with van der Waals surface area (Å²) in [5.74, 6) is 0. The summed E-state index contributed by atoms with van der Waals surface area (Å²) in [6.45, 7) is 10.2. The van der Waals surface area contributed by atoms with Gasteiger partial charge in [-0.1, -0.05) is 12.9 Å². The van der Waals surface area contributed by atoms with Crippen LogP contribution in [0, 0.1) is 0 Å². The van der Waals surface area contributed by atoms with Crippen LogP contribution < -0.4 is 0 Å². The predicted octanol–water partition coefficient (Wildman–Crippen LogP) is 0.330. The van der Waals surface area contributed by atoms with Crippen molar-refractivity contribution in [2.75, 3.05) is 52.5 Å². The van der Waals surface area contributed by atoms with Crippen LogP contribution in [0.25, 0.3) is 0 Å². The summed E-state index contributed by atoms with van der Waals surface area (Å²) in [5, 5.41) is 0. The van der Waals surface area contributed by atoms with E-state index in [-0.39, 0.29) is 32.7 Å². The molecule has 0 spiro atoms. The summed E-state index contributed by atoms with van der Waals surface area (Å²) in [7, 11) is 0. The molecule has 6 nitrogen and oxygen atoms in total. The molecule has 2 aliphatic heterocycles. The van der Waals surface area contributed by atoms with E-state index in [4.69, 9.17) is 0 Å². The maximum atomic E-state index is 9.61. The first-order chi connectivity index (χ1) is 9.86. The molecule has 2 saturated heterocycles. The fraction of sp³-hybridized carbons (Fsp3) is 0.857. The first kappa shape index (κ1) is 21.0. The zero-order valence-electron chi connectivity index (χ0n) is 12.6. The summed E-state index contributed by atoms with van der Waals surface area (Å²) < 4.78 is 8.90. The molecule has 0 aromatic carbocycles. The normalized spacial score (nSPS) is 18.3. The van der Waals surface area contributed by atoms with Gasteiger partial charge in [-0.15, -0.1) is 0 Å². The van der Waals surface area contributed by atoms with E-state index in [2.05, 4.69) is 19.3 Å². The molecule has 1 radical (unpaired) electrons. The zero-order chi connectivity index (χ0) is 14.5. The molecule has 2 fully saturated rings. The summed E-state index contributed by atoms with van der Waals surface area (Å²) in [5.41, 5.74) is 0. The zero-order valence-corrected chi connectivity index (χ0v) is 15.4. The van der Waals surface area contributed by atoms with E-state index in [0.717, 1.165) is 39.3 Å². The summed E-state index contributed by atoms with van der Waals surface area (Å²) >= 11 is 0. The molecular weight excluding hydrogens is 349 g/mol. The second-order valence-electron chi connectivity index (χ2n) is 4.96. The largest absolute Gasteiger partial charge is 0.652 e. The van der Waals surface area contributed by atoms with Crippen molar-refractivity contribution < 1.29 is 51.8 Å². The van der Waals surface area contributed by atoms with E-state index < -0.39 is 0 Å². The van der Waals surface area contributed by atoms with E-state index in [1.807, 2.05) is 0 Å². The van der Waals surface area contributed by atoms with Gasteiger partial charge in [0, 0.05) is 45.8 Å². The Hall–Kier alpha value is -0.0361. The van der Waals surface area contributed by atoms with E-state index in [9.17, 15) is 9.59 Å². The smallest absolute Gasteiger partial charge is 0.0612 e. The maximum Gasteiger partial charge on any atom is 0.0612 e. The first-order valence-electron chi connectivity index (χ1n) is 7.29. The molecule has 0 atom stereocenters. The Kier molecular flexibility index (Phi) is 14.9. The number of hydrogen-bond acceptors (Lipinski definition) is 6. The van der Waals surface area contributed by atoms with Gasteiger partial charge in [0.15, 0.2) is 0 Å². The molecule has 0 N–H and O–H groups in total. The van der Waals surface area contributed by atoms with Gasteiger partial charge in [0.2, 0.25) is 0 Å². The van der Waals surface area contributed by atoms with Crippen LogP contribution in [0.15, 0.2) is 0 Å². The number of nitrogens with zero attached hydrogens (tertiary/aromatic N) is 2. The van der Waals surface area contributed by atoms with Crippen molar-refractivity contribution in [3.05, 3.63) is 0 Å². The summed E-state index contributed by atoms with van der Waals surface area (Å²) in [4.78, 5) is 23.8. The standard InChI is InChI=1S/2C7H12NO2.Y/c2*9-7-10-6-5-8-3-1-2-4-8;/h2*1-6H2;/q2*-1;. The van der Waals surface area contributed by atoms with Crippen LogP contribution in [0.5, 0.6) is 0 Å². The van der Waals surface area contributed by atoms with Crippen LogP contribution in [-0.4, -0.2) is 75.2 Å². The number of carbonyl (C=O) groups excluding carboxylic acids is 2. The van der Waals surface area contributed by atoms with Crippen LogP contribution in [0.4, 0.5) is 0 Å². The molecule has 0 unspecified atom stereocenters. The molecular formula is C14H24N2O4Y-2. The third-order valence-corrected chi connectivity index (χ3v) is 3.53. The van der Waals surface area contributed by atoms with Gasteiger partial charge in [-0.25, -0.2) is 0 Å². The molecule has 119 valence electrons. The van der Waals surface area contributed by atoms with Gasteiger partial charge in [0.05, 0.1) is 13.2 Å². The minimum absolute atomic E-state index is 0. The van der Waals surface area contributed by atoms with Gasteiger partial charge in [-0.3, -0.25) is 0 Å². The van der Waals surface area contributed by atoms with Crippen molar-refractivity contribution in [1.82, 2.24) is 9.80 Å². The second-order valence-corrected chi connectivity index (χ2v) is 4.96. The summed E-state index contributed by atoms with van der Waals surface area (Å²) in [6.07, 6.45) is 5.13. The van der Waals surface area contributed by atoms with Gasteiger partial charge in [0.25, 0.3) is 0 Å². The Bertz CT molecular complexity index is 231.